The van der Waals surface area contributed by atoms with Crippen molar-refractivity contribution in [1.82, 2.24) is 24.7 Å². The van der Waals surface area contributed by atoms with Gasteiger partial charge in [-0.05, 0) is 50.6 Å². The van der Waals surface area contributed by atoms with Crippen molar-refractivity contribution < 1.29 is 9.63 Å². The summed E-state index contributed by atoms with van der Waals surface area (Å²) in [5.74, 6) is 0.731. The molecule has 0 radical (unpaired) electrons. The van der Waals surface area contributed by atoms with E-state index in [1.807, 2.05) is 44.3 Å². The first-order valence-electron chi connectivity index (χ1n) is 10.0. The average Bonchev–Trinajstić information content (AvgIpc) is 3.33. The maximum absolute atomic E-state index is 9.95. The lowest BCUT2D eigenvalue weighted by Crippen LogP contribution is -2.07. The van der Waals surface area contributed by atoms with Crippen molar-refractivity contribution >= 4 is 11.0 Å². The first-order valence-corrected chi connectivity index (χ1v) is 10.0. The van der Waals surface area contributed by atoms with Gasteiger partial charge in [-0.1, -0.05) is 11.2 Å². The summed E-state index contributed by atoms with van der Waals surface area (Å²) in [6, 6.07) is 11.5. The predicted octanol–water partition coefficient (Wildman–Crippen LogP) is 5.08. The summed E-state index contributed by atoms with van der Waals surface area (Å²) in [4.78, 5) is 13.3. The molecule has 0 saturated carbocycles. The lowest BCUT2D eigenvalue weighted by Gasteiger charge is -2.14. The Balaban J connectivity index is 1.76. The van der Waals surface area contributed by atoms with E-state index in [1.54, 1.807) is 18.5 Å². The third-order valence-electron chi connectivity index (χ3n) is 5.58. The molecular weight excluding hydrogens is 390 g/mol. The molecule has 0 saturated heterocycles. The van der Waals surface area contributed by atoms with Crippen LogP contribution in [0.3, 0.4) is 0 Å². The number of aryl methyl sites for hydroxylation is 2. The Bertz CT molecular complexity index is 1370. The van der Waals surface area contributed by atoms with Crippen LogP contribution in [0.1, 0.15) is 30.1 Å². The Hall–Kier alpha value is -4.00. The average molecular weight is 411 g/mol. The quantitative estimate of drug-likeness (QED) is 0.443. The molecule has 0 aliphatic heterocycles. The van der Waals surface area contributed by atoms with E-state index in [1.165, 1.54) is 0 Å². The molecule has 0 fully saturated rings. The van der Waals surface area contributed by atoms with E-state index in [0.717, 1.165) is 50.4 Å². The zero-order valence-corrected chi connectivity index (χ0v) is 17.4. The molecule has 5 aromatic heterocycles. The fourth-order valence-electron chi connectivity index (χ4n) is 4.04. The molecule has 31 heavy (non-hydrogen) atoms. The number of rotatable bonds is 4. The maximum Gasteiger partial charge on any atom is 0.211 e. The second-order valence-corrected chi connectivity index (χ2v) is 7.58. The highest BCUT2D eigenvalue weighted by Gasteiger charge is 2.20. The SMILES string of the molecule is Cc1noc(C)c1-c1cnc2c(c1)c(-c1ccnc(O)c1)cn2[C@@H](C)c1ccccn1. The van der Waals surface area contributed by atoms with E-state index in [2.05, 4.69) is 38.9 Å². The molecule has 154 valence electrons. The van der Waals surface area contributed by atoms with E-state index in [9.17, 15) is 5.11 Å². The molecule has 0 amide bonds. The number of fused-ring (bicyclic) bond motifs is 1. The zero-order chi connectivity index (χ0) is 21.5. The lowest BCUT2D eigenvalue weighted by molar-refractivity contribution is 0.393. The summed E-state index contributed by atoms with van der Waals surface area (Å²) < 4.78 is 7.47. The summed E-state index contributed by atoms with van der Waals surface area (Å²) in [5.41, 5.74) is 6.30. The van der Waals surface area contributed by atoms with Crippen molar-refractivity contribution in [2.45, 2.75) is 26.8 Å². The Morgan fingerprint density at radius 1 is 1.00 bits per heavy atom. The molecule has 5 heterocycles. The number of hydrogen-bond acceptors (Lipinski definition) is 6. The van der Waals surface area contributed by atoms with Gasteiger partial charge in [0.1, 0.15) is 11.4 Å². The van der Waals surface area contributed by atoms with E-state index in [4.69, 9.17) is 9.51 Å². The number of nitrogens with zero attached hydrogens (tertiary/aromatic N) is 5. The molecule has 0 aromatic carbocycles. The van der Waals surface area contributed by atoms with E-state index in [0.29, 0.717) is 0 Å². The van der Waals surface area contributed by atoms with Crippen LogP contribution in [0.4, 0.5) is 0 Å². The number of hydrogen-bond donors (Lipinski definition) is 1. The van der Waals surface area contributed by atoms with Gasteiger partial charge >= 0.3 is 0 Å². The molecule has 1 atom stereocenters. The molecule has 7 nitrogen and oxygen atoms in total. The van der Waals surface area contributed by atoms with Gasteiger partial charge in [0.05, 0.1) is 17.4 Å². The molecule has 5 rings (SSSR count). The lowest BCUT2D eigenvalue weighted by atomic mass is 10.0. The Labute approximate surface area is 179 Å². The molecule has 7 heteroatoms. The molecule has 1 N–H and O–H groups in total. The highest BCUT2D eigenvalue weighted by molar-refractivity contribution is 5.96. The van der Waals surface area contributed by atoms with Crippen LogP contribution in [0.5, 0.6) is 5.88 Å². The van der Waals surface area contributed by atoms with Crippen LogP contribution in [0.15, 0.2) is 65.7 Å². The third-order valence-corrected chi connectivity index (χ3v) is 5.58. The Morgan fingerprint density at radius 3 is 2.58 bits per heavy atom. The molecule has 5 aromatic rings. The highest BCUT2D eigenvalue weighted by atomic mass is 16.5. The number of aromatic nitrogens is 5. The minimum absolute atomic E-state index is 0.0222. The third kappa shape index (κ3) is 3.24. The van der Waals surface area contributed by atoms with Crippen molar-refractivity contribution in [3.63, 3.8) is 0 Å². The van der Waals surface area contributed by atoms with Crippen LogP contribution in [-0.2, 0) is 0 Å². The van der Waals surface area contributed by atoms with Crippen molar-refractivity contribution in [2.24, 2.45) is 0 Å². The second kappa shape index (κ2) is 7.36. The van der Waals surface area contributed by atoms with E-state index >= 15 is 0 Å². The summed E-state index contributed by atoms with van der Waals surface area (Å²) >= 11 is 0. The number of pyridine rings is 3. The Morgan fingerprint density at radius 2 is 1.87 bits per heavy atom. The van der Waals surface area contributed by atoms with Gasteiger partial charge in [-0.3, -0.25) is 4.98 Å². The minimum atomic E-state index is -0.0229. The number of aromatic hydroxyl groups is 1. The van der Waals surface area contributed by atoms with Gasteiger partial charge in [-0.2, -0.15) is 0 Å². The molecule has 0 spiro atoms. The molecule has 0 aliphatic rings. The van der Waals surface area contributed by atoms with Crippen molar-refractivity contribution in [3.8, 4) is 28.1 Å². The summed E-state index contributed by atoms with van der Waals surface area (Å²) in [6.07, 6.45) is 7.30. The van der Waals surface area contributed by atoms with Gasteiger partial charge in [0.2, 0.25) is 5.88 Å². The standard InChI is InChI=1S/C24H21N5O2/c1-14-23(16(3)31-28-14)18-10-19-20(17-7-9-26-22(30)11-17)13-29(24(19)27-12-18)15(2)21-6-4-5-8-25-21/h4-13,15H,1-3H3,(H,26,30)/t15-/m0/s1. The summed E-state index contributed by atoms with van der Waals surface area (Å²) in [6.45, 7) is 5.92. The van der Waals surface area contributed by atoms with Crippen molar-refractivity contribution in [1.29, 1.82) is 0 Å². The topological polar surface area (TPSA) is 89.9 Å². The van der Waals surface area contributed by atoms with Gasteiger partial charge in [-0.25, -0.2) is 9.97 Å². The molecule has 0 bridgehead atoms. The monoisotopic (exact) mass is 411 g/mol. The predicted molar refractivity (Wildman–Crippen MR) is 118 cm³/mol. The summed E-state index contributed by atoms with van der Waals surface area (Å²) in [5, 5.41) is 15.0. The van der Waals surface area contributed by atoms with E-state index in [-0.39, 0.29) is 11.9 Å². The van der Waals surface area contributed by atoms with Crippen LogP contribution in [0, 0.1) is 13.8 Å². The van der Waals surface area contributed by atoms with E-state index < -0.39 is 0 Å². The van der Waals surface area contributed by atoms with Gasteiger partial charge in [0, 0.05) is 52.9 Å². The molecule has 0 aliphatic carbocycles. The second-order valence-electron chi connectivity index (χ2n) is 7.58. The van der Waals surface area contributed by atoms with Crippen LogP contribution in [-0.4, -0.2) is 29.8 Å². The fourth-order valence-corrected chi connectivity index (χ4v) is 4.04. The minimum Gasteiger partial charge on any atom is -0.493 e. The first kappa shape index (κ1) is 19.0. The van der Waals surface area contributed by atoms with Gasteiger partial charge in [-0.15, -0.1) is 0 Å². The van der Waals surface area contributed by atoms with Crippen LogP contribution in [0.2, 0.25) is 0 Å². The van der Waals surface area contributed by atoms with Crippen molar-refractivity contribution in [2.75, 3.05) is 0 Å². The normalized spacial score (nSPS) is 12.4. The molecular formula is C24H21N5O2. The van der Waals surface area contributed by atoms with Gasteiger partial charge in [0.25, 0.3) is 0 Å². The molecule has 0 unspecified atom stereocenters. The highest BCUT2D eigenvalue weighted by Crippen LogP contribution is 2.37. The first-order chi connectivity index (χ1) is 15.0. The van der Waals surface area contributed by atoms with Crippen LogP contribution >= 0.6 is 0 Å². The van der Waals surface area contributed by atoms with Gasteiger partial charge in [0.15, 0.2) is 0 Å². The maximum atomic E-state index is 9.95. The van der Waals surface area contributed by atoms with Crippen LogP contribution in [0.25, 0.3) is 33.3 Å². The fraction of sp³-hybridized carbons (Fsp3) is 0.167. The van der Waals surface area contributed by atoms with Crippen molar-refractivity contribution in [3.05, 3.63) is 78.3 Å². The smallest absolute Gasteiger partial charge is 0.211 e. The summed E-state index contributed by atoms with van der Waals surface area (Å²) in [7, 11) is 0. The zero-order valence-electron chi connectivity index (χ0n) is 17.4. The van der Waals surface area contributed by atoms with Gasteiger partial charge < -0.3 is 14.2 Å². The largest absolute Gasteiger partial charge is 0.493 e. The van der Waals surface area contributed by atoms with Crippen LogP contribution < -0.4 is 0 Å². The Kier molecular flexibility index (Phi) is 4.51.